The fraction of sp³-hybridized carbons (Fsp3) is 0.217. The molecule has 3 heterocycles. The van der Waals surface area contributed by atoms with E-state index in [1.807, 2.05) is 65.0 Å². The highest BCUT2D eigenvalue weighted by atomic mass is 16.4. The number of amides is 1. The third-order valence-corrected chi connectivity index (χ3v) is 5.43. The molecule has 0 N–H and O–H groups in total. The summed E-state index contributed by atoms with van der Waals surface area (Å²) in [6.07, 6.45) is 1.37. The molecule has 0 radical (unpaired) electrons. The average Bonchev–Trinajstić information content (AvgIpc) is 3.28. The highest BCUT2D eigenvalue weighted by Crippen LogP contribution is 2.25. The van der Waals surface area contributed by atoms with Crippen LogP contribution in [0.5, 0.6) is 0 Å². The maximum absolute atomic E-state index is 13.1. The van der Waals surface area contributed by atoms with Crippen LogP contribution in [0.3, 0.4) is 0 Å². The van der Waals surface area contributed by atoms with Crippen molar-refractivity contribution in [1.82, 2.24) is 14.5 Å². The van der Waals surface area contributed by atoms with Crippen LogP contribution >= 0.6 is 0 Å². The molecule has 2 aromatic carbocycles. The molecule has 2 aromatic heterocycles. The lowest BCUT2D eigenvalue weighted by Crippen LogP contribution is -2.36. The van der Waals surface area contributed by atoms with Gasteiger partial charge in [0, 0.05) is 37.3 Å². The van der Waals surface area contributed by atoms with Gasteiger partial charge < -0.3 is 13.9 Å². The summed E-state index contributed by atoms with van der Waals surface area (Å²) in [5.41, 5.74) is 3.82. The van der Waals surface area contributed by atoms with Crippen LogP contribution in [0.2, 0.25) is 0 Å². The Bertz CT molecular complexity index is 1160. The average molecular weight is 371 g/mol. The van der Waals surface area contributed by atoms with Crippen LogP contribution in [0.25, 0.3) is 10.9 Å². The van der Waals surface area contributed by atoms with E-state index >= 15 is 0 Å². The van der Waals surface area contributed by atoms with Gasteiger partial charge in [-0.2, -0.15) is 0 Å². The fourth-order valence-electron chi connectivity index (χ4n) is 3.93. The van der Waals surface area contributed by atoms with Crippen molar-refractivity contribution < 1.29 is 9.21 Å². The van der Waals surface area contributed by atoms with E-state index < -0.39 is 0 Å². The third-order valence-electron chi connectivity index (χ3n) is 5.43. The lowest BCUT2D eigenvalue weighted by Gasteiger charge is -2.25. The number of aryl methyl sites for hydroxylation is 1. The molecular weight excluding hydrogens is 350 g/mol. The molecule has 1 aliphatic rings. The smallest absolute Gasteiger partial charge is 0.270 e. The number of carbonyl (C=O) groups is 1. The Labute approximate surface area is 163 Å². The number of nitrogens with zero attached hydrogens (tertiary/aromatic N) is 3. The number of carbonyl (C=O) groups excluding carboxylic acids is 1. The SMILES string of the molecule is Cn1c(C(=O)N2CCc3oc(Cc4ccccc4)nc3C2)cc2ccccc21. The second-order valence-electron chi connectivity index (χ2n) is 7.26. The van der Waals surface area contributed by atoms with Crippen molar-refractivity contribution in [1.29, 1.82) is 0 Å². The number of oxazole rings is 1. The molecule has 140 valence electrons. The summed E-state index contributed by atoms with van der Waals surface area (Å²) >= 11 is 0. The molecule has 0 atom stereocenters. The first-order valence-electron chi connectivity index (χ1n) is 9.54. The van der Waals surface area contributed by atoms with Gasteiger partial charge in [0.05, 0.1) is 6.54 Å². The summed E-state index contributed by atoms with van der Waals surface area (Å²) in [7, 11) is 1.94. The molecule has 4 aromatic rings. The molecule has 0 saturated carbocycles. The molecule has 5 rings (SSSR count). The maximum Gasteiger partial charge on any atom is 0.270 e. The van der Waals surface area contributed by atoms with Gasteiger partial charge >= 0.3 is 0 Å². The van der Waals surface area contributed by atoms with Crippen LogP contribution in [0.1, 0.15) is 33.4 Å². The first-order chi connectivity index (χ1) is 13.7. The van der Waals surface area contributed by atoms with Crippen molar-refractivity contribution in [3.63, 3.8) is 0 Å². The van der Waals surface area contributed by atoms with Gasteiger partial charge in [-0.1, -0.05) is 48.5 Å². The zero-order chi connectivity index (χ0) is 19.1. The lowest BCUT2D eigenvalue weighted by atomic mass is 10.1. The molecule has 1 amide bonds. The van der Waals surface area contributed by atoms with Gasteiger partial charge in [-0.3, -0.25) is 4.79 Å². The highest BCUT2D eigenvalue weighted by Gasteiger charge is 2.27. The monoisotopic (exact) mass is 371 g/mol. The Balaban J connectivity index is 1.38. The molecule has 0 unspecified atom stereocenters. The van der Waals surface area contributed by atoms with Crippen molar-refractivity contribution in [2.45, 2.75) is 19.4 Å². The Kier molecular flexibility index (Phi) is 4.01. The van der Waals surface area contributed by atoms with Gasteiger partial charge in [0.2, 0.25) is 0 Å². The molecule has 0 fully saturated rings. The van der Waals surface area contributed by atoms with Gasteiger partial charge in [0.25, 0.3) is 5.91 Å². The number of fused-ring (bicyclic) bond motifs is 2. The van der Waals surface area contributed by atoms with E-state index in [9.17, 15) is 4.79 Å². The van der Waals surface area contributed by atoms with Crippen LogP contribution in [0, 0.1) is 0 Å². The predicted molar refractivity (Wildman–Crippen MR) is 107 cm³/mol. The van der Waals surface area contributed by atoms with Crippen molar-refractivity contribution in [2.75, 3.05) is 6.54 Å². The third kappa shape index (κ3) is 2.89. The normalized spacial score (nSPS) is 13.7. The second-order valence-corrected chi connectivity index (χ2v) is 7.26. The van der Waals surface area contributed by atoms with Crippen molar-refractivity contribution >= 4 is 16.8 Å². The van der Waals surface area contributed by atoms with E-state index in [4.69, 9.17) is 4.42 Å². The van der Waals surface area contributed by atoms with Crippen LogP contribution in [0.4, 0.5) is 0 Å². The van der Waals surface area contributed by atoms with E-state index in [1.54, 1.807) is 0 Å². The minimum Gasteiger partial charge on any atom is -0.445 e. The molecule has 5 nitrogen and oxygen atoms in total. The Morgan fingerprint density at radius 2 is 1.89 bits per heavy atom. The summed E-state index contributed by atoms with van der Waals surface area (Å²) in [4.78, 5) is 19.7. The Morgan fingerprint density at radius 3 is 2.71 bits per heavy atom. The minimum atomic E-state index is 0.0389. The molecule has 1 aliphatic heterocycles. The van der Waals surface area contributed by atoms with Crippen LogP contribution in [0.15, 0.2) is 65.1 Å². The lowest BCUT2D eigenvalue weighted by molar-refractivity contribution is 0.0718. The quantitative estimate of drug-likeness (QED) is 0.548. The molecule has 0 aliphatic carbocycles. The van der Waals surface area contributed by atoms with Crippen molar-refractivity contribution in [3.05, 3.63) is 89.3 Å². The van der Waals surface area contributed by atoms with E-state index in [2.05, 4.69) is 17.1 Å². The second kappa shape index (κ2) is 6.68. The number of para-hydroxylation sites is 1. The first-order valence-corrected chi connectivity index (χ1v) is 9.54. The molecule has 5 heteroatoms. The van der Waals surface area contributed by atoms with Gasteiger partial charge in [-0.15, -0.1) is 0 Å². The molecule has 0 saturated heterocycles. The number of hydrogen-bond acceptors (Lipinski definition) is 3. The summed E-state index contributed by atoms with van der Waals surface area (Å²) in [6, 6.07) is 20.2. The predicted octanol–water partition coefficient (Wildman–Crippen LogP) is 3.96. The maximum atomic E-state index is 13.1. The van der Waals surface area contributed by atoms with Gasteiger partial charge in [-0.05, 0) is 17.7 Å². The minimum absolute atomic E-state index is 0.0389. The topological polar surface area (TPSA) is 51.3 Å². The van der Waals surface area contributed by atoms with Crippen LogP contribution in [-0.2, 0) is 26.4 Å². The number of rotatable bonds is 3. The van der Waals surface area contributed by atoms with Crippen molar-refractivity contribution in [2.24, 2.45) is 7.05 Å². The highest BCUT2D eigenvalue weighted by molar-refractivity contribution is 5.98. The Morgan fingerprint density at radius 1 is 1.11 bits per heavy atom. The summed E-state index contributed by atoms with van der Waals surface area (Å²) in [6.45, 7) is 1.14. The zero-order valence-electron chi connectivity index (χ0n) is 15.8. The van der Waals surface area contributed by atoms with Crippen molar-refractivity contribution in [3.8, 4) is 0 Å². The summed E-state index contributed by atoms with van der Waals surface area (Å²) in [5.74, 6) is 1.67. The van der Waals surface area contributed by atoms with Gasteiger partial charge in [0.15, 0.2) is 5.89 Å². The van der Waals surface area contributed by atoms with Gasteiger partial charge in [0.1, 0.15) is 17.1 Å². The molecule has 0 spiro atoms. The van der Waals surface area contributed by atoms with Crippen LogP contribution in [-0.4, -0.2) is 26.9 Å². The van der Waals surface area contributed by atoms with E-state index in [1.165, 1.54) is 5.56 Å². The van der Waals surface area contributed by atoms with E-state index in [-0.39, 0.29) is 5.91 Å². The number of hydrogen-bond donors (Lipinski definition) is 0. The standard InChI is InChI=1S/C23H21N3O2/c1-25-19-10-6-5-9-17(19)14-20(25)23(27)26-12-11-21-18(15-26)24-22(28-21)13-16-7-3-2-4-8-16/h2-10,14H,11-13,15H2,1H3. The van der Waals surface area contributed by atoms with E-state index in [0.29, 0.717) is 31.6 Å². The van der Waals surface area contributed by atoms with E-state index in [0.717, 1.165) is 28.2 Å². The number of aromatic nitrogens is 2. The molecule has 28 heavy (non-hydrogen) atoms. The number of benzene rings is 2. The fourth-order valence-corrected chi connectivity index (χ4v) is 3.93. The van der Waals surface area contributed by atoms with Crippen LogP contribution < -0.4 is 0 Å². The summed E-state index contributed by atoms with van der Waals surface area (Å²) in [5, 5.41) is 1.08. The van der Waals surface area contributed by atoms with Gasteiger partial charge in [-0.25, -0.2) is 4.98 Å². The molecule has 0 bridgehead atoms. The summed E-state index contributed by atoms with van der Waals surface area (Å²) < 4.78 is 7.93. The first kappa shape index (κ1) is 16.8. The Hall–Kier alpha value is -3.34. The largest absolute Gasteiger partial charge is 0.445 e. The molecular formula is C23H21N3O2. The zero-order valence-corrected chi connectivity index (χ0v) is 15.8.